The summed E-state index contributed by atoms with van der Waals surface area (Å²) >= 11 is 1.86. The molecule has 1 heterocycles. The molecule has 0 saturated carbocycles. The van der Waals surface area contributed by atoms with Crippen molar-refractivity contribution in [2.24, 2.45) is 0 Å². The molecular formula is C112H84S. The molecule has 113 heavy (non-hydrogen) atoms. The molecule has 21 rings (SSSR count). The summed E-state index contributed by atoms with van der Waals surface area (Å²) in [5, 5.41) is 13.4. The lowest BCUT2D eigenvalue weighted by atomic mass is 9.95. The highest BCUT2D eigenvalue weighted by Crippen LogP contribution is 2.37. The van der Waals surface area contributed by atoms with Crippen LogP contribution >= 0.6 is 11.3 Å². The van der Waals surface area contributed by atoms with E-state index in [2.05, 4.69) is 461 Å². The van der Waals surface area contributed by atoms with Gasteiger partial charge in [0.05, 0.1) is 0 Å². The van der Waals surface area contributed by atoms with Crippen LogP contribution in [0.3, 0.4) is 0 Å². The summed E-state index contributed by atoms with van der Waals surface area (Å²) < 4.78 is 2.76. The fourth-order valence-electron chi connectivity index (χ4n) is 14.1. The van der Waals surface area contributed by atoms with Crippen LogP contribution in [0, 0.1) is 0 Å². The van der Waals surface area contributed by atoms with Crippen molar-refractivity contribution < 1.29 is 0 Å². The molecule has 0 aliphatic heterocycles. The van der Waals surface area contributed by atoms with Crippen molar-refractivity contribution in [3.05, 3.63) is 510 Å². The van der Waals surface area contributed by atoms with E-state index in [1.807, 2.05) is 59.9 Å². The van der Waals surface area contributed by atoms with Crippen molar-refractivity contribution in [2.75, 3.05) is 0 Å². The quantitative estimate of drug-likeness (QED) is 0.133. The van der Waals surface area contributed by atoms with Gasteiger partial charge in [-0.3, -0.25) is 0 Å². The summed E-state index contributed by atoms with van der Waals surface area (Å²) in [5.74, 6) is 0. The van der Waals surface area contributed by atoms with E-state index in [1.54, 1.807) is 0 Å². The van der Waals surface area contributed by atoms with Crippen LogP contribution in [0.5, 0.6) is 0 Å². The van der Waals surface area contributed by atoms with Crippen molar-refractivity contribution in [3.63, 3.8) is 0 Å². The largest absolute Gasteiger partial charge is 0.135 e. The van der Waals surface area contributed by atoms with Crippen molar-refractivity contribution in [2.45, 2.75) is 0 Å². The first-order valence-corrected chi connectivity index (χ1v) is 39.3. The number of benzene rings is 20. The smallest absolute Gasteiger partial charge is 0.0355 e. The van der Waals surface area contributed by atoms with Crippen molar-refractivity contribution in [3.8, 4) is 89.0 Å². The highest BCUT2D eigenvalue weighted by atomic mass is 32.1. The summed E-state index contributed by atoms with van der Waals surface area (Å²) in [6, 6.07) is 178. The summed E-state index contributed by atoms with van der Waals surface area (Å²) in [4.78, 5) is 0. The lowest BCUT2D eigenvalue weighted by Crippen LogP contribution is -1.81. The molecule has 1 heteroatoms. The van der Waals surface area contributed by atoms with Crippen LogP contribution in [-0.2, 0) is 0 Å². The van der Waals surface area contributed by atoms with Crippen LogP contribution < -0.4 is 0 Å². The number of hydrogen-bond donors (Lipinski definition) is 0. The van der Waals surface area contributed by atoms with Gasteiger partial charge < -0.3 is 0 Å². The monoisotopic (exact) mass is 1460 g/mol. The second-order valence-corrected chi connectivity index (χ2v) is 28.4. The Kier molecular flexibility index (Phi) is 25.0. The summed E-state index contributed by atoms with van der Waals surface area (Å²) in [7, 11) is 0. The number of fused-ring (bicyclic) bond motifs is 10. The Hall–Kier alpha value is -14.3. The fourth-order valence-corrected chi connectivity index (χ4v) is 15.2. The first-order valence-electron chi connectivity index (χ1n) is 38.5. The zero-order chi connectivity index (χ0) is 76.3. The highest BCUT2D eigenvalue weighted by Gasteiger charge is 2.09. The van der Waals surface area contributed by atoms with Gasteiger partial charge in [-0.2, -0.15) is 0 Å². The molecule has 0 aliphatic carbocycles. The number of rotatable bonds is 8. The first-order chi connectivity index (χ1) is 56.1. The third-order valence-electron chi connectivity index (χ3n) is 20.0. The van der Waals surface area contributed by atoms with Gasteiger partial charge in [0.2, 0.25) is 0 Å². The van der Waals surface area contributed by atoms with Gasteiger partial charge >= 0.3 is 0 Å². The third kappa shape index (κ3) is 19.4. The Labute approximate surface area is 668 Å². The molecule has 0 N–H and O–H groups in total. The molecule has 21 aromatic rings. The molecule has 0 fully saturated rings. The van der Waals surface area contributed by atoms with Gasteiger partial charge in [0, 0.05) is 20.2 Å². The lowest BCUT2D eigenvalue weighted by Gasteiger charge is -2.09. The molecule has 0 saturated heterocycles. The second-order valence-electron chi connectivity index (χ2n) is 27.3. The van der Waals surface area contributed by atoms with Gasteiger partial charge in [-0.05, 0) is 144 Å². The van der Waals surface area contributed by atoms with Crippen LogP contribution in [0.4, 0.5) is 0 Å². The molecular weight excluding hydrogens is 1380 g/mol. The SMILES string of the molecule is c1ccc(-c2ccc(-c3ccccc3)cc2)cc1.c1ccc(-c2ccc(-c3ccccc3)cc2)cc1.c1ccc(-c2ccc(-c3ccccc3)cc2)cc1.c1ccc(-c2ccc(-c3ccccc3)cc2)cc1.c1ccc2c(c1)c1ccccc1c1ccccc21.c1ccc2c(c1)sc1ccccc12.c1ccc2ccccc2c1. The molecule has 0 aliphatic rings. The normalized spacial score (nSPS) is 10.5. The minimum atomic E-state index is 1.26. The van der Waals surface area contributed by atoms with Crippen molar-refractivity contribution in [1.82, 2.24) is 0 Å². The van der Waals surface area contributed by atoms with Gasteiger partial charge in [-0.1, -0.05) is 497 Å². The van der Waals surface area contributed by atoms with Crippen LogP contribution in [-0.4, -0.2) is 0 Å². The Morgan fingerprint density at radius 2 is 0.204 bits per heavy atom. The van der Waals surface area contributed by atoms with E-state index >= 15 is 0 Å². The van der Waals surface area contributed by atoms with Gasteiger partial charge in [0.1, 0.15) is 0 Å². The van der Waals surface area contributed by atoms with Gasteiger partial charge in [0.25, 0.3) is 0 Å². The maximum absolute atomic E-state index is 2.21. The van der Waals surface area contributed by atoms with E-state index in [0.717, 1.165) is 0 Å². The Bertz CT molecular complexity index is 5390. The molecule has 1 aromatic heterocycles. The van der Waals surface area contributed by atoms with Crippen LogP contribution in [0.1, 0.15) is 0 Å². The minimum absolute atomic E-state index is 1.26. The van der Waals surface area contributed by atoms with E-state index in [9.17, 15) is 0 Å². The van der Waals surface area contributed by atoms with Gasteiger partial charge in [-0.15, -0.1) is 11.3 Å². The van der Waals surface area contributed by atoms with Crippen LogP contribution in [0.15, 0.2) is 510 Å². The van der Waals surface area contributed by atoms with Crippen LogP contribution in [0.25, 0.3) is 152 Å². The Morgan fingerprint density at radius 1 is 0.0885 bits per heavy atom. The van der Waals surface area contributed by atoms with E-state index in [4.69, 9.17) is 0 Å². The summed E-state index contributed by atoms with van der Waals surface area (Å²) in [6.07, 6.45) is 0. The number of hydrogen-bond acceptors (Lipinski definition) is 1. The van der Waals surface area contributed by atoms with Gasteiger partial charge in [0.15, 0.2) is 0 Å². The minimum Gasteiger partial charge on any atom is -0.135 e. The molecule has 0 radical (unpaired) electrons. The van der Waals surface area contributed by atoms with Crippen molar-refractivity contribution >= 4 is 74.6 Å². The van der Waals surface area contributed by atoms with E-state index in [-0.39, 0.29) is 0 Å². The molecule has 0 atom stereocenters. The average molecular weight is 1460 g/mol. The summed E-state index contributed by atoms with van der Waals surface area (Å²) in [5.41, 5.74) is 20.2. The molecule has 20 aromatic carbocycles. The van der Waals surface area contributed by atoms with E-state index < -0.39 is 0 Å². The van der Waals surface area contributed by atoms with Gasteiger partial charge in [-0.25, -0.2) is 0 Å². The zero-order valence-electron chi connectivity index (χ0n) is 62.9. The molecule has 0 amide bonds. The highest BCUT2D eigenvalue weighted by molar-refractivity contribution is 7.25. The second kappa shape index (κ2) is 38.1. The maximum atomic E-state index is 2.21. The topological polar surface area (TPSA) is 0 Å². The third-order valence-corrected chi connectivity index (χ3v) is 21.1. The predicted octanol–water partition coefficient (Wildman–Crippen LogP) is 32.1. The molecule has 0 bridgehead atoms. The maximum Gasteiger partial charge on any atom is 0.0355 e. The Morgan fingerprint density at radius 3 is 0.363 bits per heavy atom. The number of thiophene rings is 1. The molecule has 0 unspecified atom stereocenters. The molecule has 0 spiro atoms. The van der Waals surface area contributed by atoms with Crippen molar-refractivity contribution in [1.29, 1.82) is 0 Å². The standard InChI is InChI=1S/C18H12.4C18H14.C12H8S.C10H8/c1-2-8-14-13(7-1)15-9-3-4-11-17(15)18-12-6-5-10-16(14)18;4*1-3-7-15(8-4-1)17-11-13-18(14-12-17)16-9-5-2-6-10-16;1-3-7-11-9(5-1)10-6-2-4-8-12(10)13-11;1-2-6-10-8-4-3-7-9(10)5-1/h1-12H;4*1-14H;1-8H;1-8H. The zero-order valence-corrected chi connectivity index (χ0v) is 63.7. The van der Waals surface area contributed by atoms with Crippen LogP contribution in [0.2, 0.25) is 0 Å². The fraction of sp³-hybridized carbons (Fsp3) is 0. The summed E-state index contributed by atoms with van der Waals surface area (Å²) in [6.45, 7) is 0. The average Bonchev–Trinajstić information content (AvgIpc) is 1.51. The molecule has 0 nitrogen and oxygen atoms in total. The van der Waals surface area contributed by atoms with E-state index in [0.29, 0.717) is 0 Å². The Balaban J connectivity index is 0.000000105. The first kappa shape index (κ1) is 74.1. The lowest BCUT2D eigenvalue weighted by molar-refractivity contribution is 1.59. The molecule has 538 valence electrons. The van der Waals surface area contributed by atoms with E-state index in [1.165, 1.54) is 152 Å². The predicted molar refractivity (Wildman–Crippen MR) is 491 cm³/mol.